The Balaban J connectivity index is 1.78. The van der Waals surface area contributed by atoms with E-state index < -0.39 is 0 Å². The van der Waals surface area contributed by atoms with E-state index in [1.165, 1.54) is 25.7 Å². The van der Waals surface area contributed by atoms with Crippen LogP contribution >= 0.6 is 11.8 Å². The van der Waals surface area contributed by atoms with E-state index in [4.69, 9.17) is 14.5 Å². The molecule has 2 heterocycles. The lowest BCUT2D eigenvalue weighted by molar-refractivity contribution is 0.354. The van der Waals surface area contributed by atoms with Crippen LogP contribution in [0.5, 0.6) is 11.5 Å². The fraction of sp³-hybridized carbons (Fsp3) is 0.524. The molecule has 0 saturated heterocycles. The van der Waals surface area contributed by atoms with Crippen LogP contribution in [0.15, 0.2) is 28.0 Å². The largest absolute Gasteiger partial charge is 0.493 e. The SMILES string of the molecule is COc1ccc([C@H]2SC(C)=Nc3c2c(=O)[nH]n3C2CCCCCC2)cc1OC. The number of nitrogens with one attached hydrogen (secondary N) is 1. The normalized spacial score (nSPS) is 20.2. The summed E-state index contributed by atoms with van der Waals surface area (Å²) >= 11 is 1.61. The van der Waals surface area contributed by atoms with Crippen molar-refractivity contribution in [3.8, 4) is 11.5 Å². The van der Waals surface area contributed by atoms with Crippen LogP contribution in [0.2, 0.25) is 0 Å². The molecule has 1 saturated carbocycles. The molecule has 1 aromatic carbocycles. The number of aliphatic imine (C=N–C) groups is 1. The van der Waals surface area contributed by atoms with Gasteiger partial charge in [0.1, 0.15) is 0 Å². The first-order chi connectivity index (χ1) is 13.6. The zero-order valence-electron chi connectivity index (χ0n) is 16.7. The van der Waals surface area contributed by atoms with Crippen LogP contribution in [0, 0.1) is 0 Å². The van der Waals surface area contributed by atoms with E-state index in [9.17, 15) is 4.79 Å². The summed E-state index contributed by atoms with van der Waals surface area (Å²) in [5.74, 6) is 2.15. The molecule has 1 N–H and O–H groups in total. The highest BCUT2D eigenvalue weighted by atomic mass is 32.2. The summed E-state index contributed by atoms with van der Waals surface area (Å²) in [6.45, 7) is 2.01. The van der Waals surface area contributed by atoms with Crippen LogP contribution in [0.1, 0.15) is 67.9 Å². The Morgan fingerprint density at radius 2 is 1.82 bits per heavy atom. The maximum atomic E-state index is 13.0. The third-order valence-electron chi connectivity index (χ3n) is 5.65. The van der Waals surface area contributed by atoms with Crippen molar-refractivity contribution in [3.63, 3.8) is 0 Å². The summed E-state index contributed by atoms with van der Waals surface area (Å²) in [6.07, 6.45) is 7.15. The van der Waals surface area contributed by atoms with Crippen LogP contribution in [0.3, 0.4) is 0 Å². The summed E-state index contributed by atoms with van der Waals surface area (Å²) in [5, 5.41) is 3.97. The fourth-order valence-corrected chi connectivity index (χ4v) is 5.33. The molecule has 0 unspecified atom stereocenters. The van der Waals surface area contributed by atoms with Crippen LogP contribution in [0.25, 0.3) is 0 Å². The minimum Gasteiger partial charge on any atom is -0.493 e. The Labute approximate surface area is 169 Å². The third kappa shape index (κ3) is 3.48. The number of thioether (sulfide) groups is 1. The molecule has 1 aliphatic heterocycles. The second-order valence-electron chi connectivity index (χ2n) is 7.44. The van der Waals surface area contributed by atoms with Crippen molar-refractivity contribution in [2.24, 2.45) is 4.99 Å². The lowest BCUT2D eigenvalue weighted by atomic mass is 10.0. The number of hydrogen-bond donors (Lipinski definition) is 1. The number of ether oxygens (including phenoxy) is 2. The number of rotatable bonds is 4. The van der Waals surface area contributed by atoms with Gasteiger partial charge in [-0.2, -0.15) is 0 Å². The van der Waals surface area contributed by atoms with Gasteiger partial charge >= 0.3 is 0 Å². The van der Waals surface area contributed by atoms with Crippen molar-refractivity contribution in [1.82, 2.24) is 9.78 Å². The Kier molecular flexibility index (Phi) is 5.53. The highest BCUT2D eigenvalue weighted by molar-refractivity contribution is 8.14. The molecule has 1 fully saturated rings. The van der Waals surface area contributed by atoms with Crippen molar-refractivity contribution in [3.05, 3.63) is 39.7 Å². The van der Waals surface area contributed by atoms with Gasteiger partial charge in [-0.25, -0.2) is 4.99 Å². The first-order valence-corrected chi connectivity index (χ1v) is 10.8. The second kappa shape index (κ2) is 8.07. The number of nitrogens with zero attached hydrogens (tertiary/aromatic N) is 2. The van der Waals surface area contributed by atoms with E-state index in [1.807, 2.05) is 29.8 Å². The van der Waals surface area contributed by atoms with Gasteiger partial charge in [-0.05, 0) is 37.5 Å². The van der Waals surface area contributed by atoms with E-state index >= 15 is 0 Å². The Hall–Kier alpha value is -2.15. The zero-order chi connectivity index (χ0) is 19.7. The van der Waals surface area contributed by atoms with E-state index in [2.05, 4.69) is 5.10 Å². The highest BCUT2D eigenvalue weighted by Crippen LogP contribution is 2.46. The van der Waals surface area contributed by atoms with Gasteiger partial charge in [-0.15, -0.1) is 0 Å². The molecular formula is C21H27N3O3S. The summed E-state index contributed by atoms with van der Waals surface area (Å²) in [7, 11) is 3.25. The van der Waals surface area contributed by atoms with Crippen molar-refractivity contribution < 1.29 is 9.47 Å². The zero-order valence-corrected chi connectivity index (χ0v) is 17.5. The molecule has 1 aliphatic carbocycles. The molecule has 0 amide bonds. The number of fused-ring (bicyclic) bond motifs is 1. The van der Waals surface area contributed by atoms with E-state index in [1.54, 1.807) is 26.0 Å². The Bertz CT molecular complexity index is 939. The Morgan fingerprint density at radius 3 is 2.50 bits per heavy atom. The van der Waals surface area contributed by atoms with E-state index in [-0.39, 0.29) is 10.8 Å². The number of methoxy groups -OCH3 is 2. The number of aromatic nitrogens is 2. The average molecular weight is 402 g/mol. The quantitative estimate of drug-likeness (QED) is 0.734. The highest BCUT2D eigenvalue weighted by Gasteiger charge is 2.32. The molecule has 28 heavy (non-hydrogen) atoms. The topological polar surface area (TPSA) is 68.6 Å². The maximum Gasteiger partial charge on any atom is 0.271 e. The van der Waals surface area contributed by atoms with Crippen molar-refractivity contribution in [2.75, 3.05) is 14.2 Å². The average Bonchev–Trinajstić information content (AvgIpc) is 2.88. The second-order valence-corrected chi connectivity index (χ2v) is 8.73. The maximum absolute atomic E-state index is 13.0. The van der Waals surface area contributed by atoms with Crippen molar-refractivity contribution in [2.45, 2.75) is 56.7 Å². The smallest absolute Gasteiger partial charge is 0.271 e. The van der Waals surface area contributed by atoms with Crippen molar-refractivity contribution >= 4 is 22.6 Å². The van der Waals surface area contributed by atoms with E-state index in [0.717, 1.165) is 34.8 Å². The monoisotopic (exact) mass is 401 g/mol. The summed E-state index contributed by atoms with van der Waals surface area (Å²) < 4.78 is 12.9. The molecule has 0 bridgehead atoms. The van der Waals surface area contributed by atoms with Gasteiger partial charge < -0.3 is 9.47 Å². The van der Waals surface area contributed by atoms with E-state index in [0.29, 0.717) is 17.5 Å². The number of aromatic amines is 1. The molecule has 0 spiro atoms. The number of hydrogen-bond acceptors (Lipinski definition) is 5. The van der Waals surface area contributed by atoms with Gasteiger partial charge in [0.25, 0.3) is 5.56 Å². The molecule has 2 aromatic rings. The van der Waals surface area contributed by atoms with Gasteiger partial charge in [0.15, 0.2) is 17.3 Å². The first-order valence-electron chi connectivity index (χ1n) is 9.90. The summed E-state index contributed by atoms with van der Waals surface area (Å²) in [6, 6.07) is 6.18. The van der Waals surface area contributed by atoms with Crippen molar-refractivity contribution in [1.29, 1.82) is 0 Å². The molecule has 150 valence electrons. The third-order valence-corrected chi connectivity index (χ3v) is 6.83. The molecule has 1 aromatic heterocycles. The van der Waals surface area contributed by atoms with Crippen LogP contribution < -0.4 is 15.0 Å². The molecule has 2 aliphatic rings. The summed E-state index contributed by atoms with van der Waals surface area (Å²) in [4.78, 5) is 17.7. The predicted molar refractivity (Wildman–Crippen MR) is 114 cm³/mol. The lowest BCUT2D eigenvalue weighted by Crippen LogP contribution is -2.14. The lowest BCUT2D eigenvalue weighted by Gasteiger charge is -2.23. The minimum absolute atomic E-state index is 0.0391. The molecule has 6 nitrogen and oxygen atoms in total. The van der Waals surface area contributed by atoms with Gasteiger partial charge in [0.2, 0.25) is 0 Å². The number of H-pyrrole nitrogens is 1. The molecular weight excluding hydrogens is 374 g/mol. The standard InChI is InChI=1S/C21H27N3O3S/c1-13-22-20-18(21(25)23-24(20)15-8-6-4-5-7-9-15)19(28-13)14-10-11-16(26-2)17(12-14)27-3/h10-12,15,19H,4-9H2,1-3H3,(H,23,25)/t19-/m1/s1. The molecule has 7 heteroatoms. The van der Waals surface area contributed by atoms with Crippen LogP contribution in [-0.4, -0.2) is 29.0 Å². The minimum atomic E-state index is -0.108. The van der Waals surface area contributed by atoms with Gasteiger partial charge in [-0.1, -0.05) is 43.5 Å². The van der Waals surface area contributed by atoms with Gasteiger partial charge in [0, 0.05) is 0 Å². The van der Waals surface area contributed by atoms with Gasteiger partial charge in [0.05, 0.1) is 36.1 Å². The first kappa shape index (κ1) is 19.2. The molecule has 4 rings (SSSR count). The van der Waals surface area contributed by atoms with Crippen LogP contribution in [0.4, 0.5) is 5.82 Å². The fourth-order valence-electron chi connectivity index (χ4n) is 4.24. The number of benzene rings is 1. The van der Waals surface area contributed by atoms with Crippen LogP contribution in [-0.2, 0) is 0 Å². The summed E-state index contributed by atoms with van der Waals surface area (Å²) in [5.41, 5.74) is 1.72. The molecule has 1 atom stereocenters. The predicted octanol–water partition coefficient (Wildman–Crippen LogP) is 4.98. The van der Waals surface area contributed by atoms with Gasteiger partial charge in [-0.3, -0.25) is 14.6 Å². The molecule has 0 radical (unpaired) electrons. The Morgan fingerprint density at radius 1 is 1.11 bits per heavy atom.